The van der Waals surface area contributed by atoms with Gasteiger partial charge in [-0.15, -0.1) is 0 Å². The summed E-state index contributed by atoms with van der Waals surface area (Å²) < 4.78 is 0. The normalized spacial score (nSPS) is 8.71. The first-order valence-electron chi connectivity index (χ1n) is 2.02. The number of halogens is 1. The zero-order chi connectivity index (χ0) is 5.11. The molecule has 0 saturated heterocycles. The lowest BCUT2D eigenvalue weighted by Gasteiger charge is -1.79. The molecule has 0 spiro atoms. The molecule has 0 saturated carbocycles. The van der Waals surface area contributed by atoms with Gasteiger partial charge in [0.1, 0.15) is 0 Å². The molecule has 0 unspecified atom stereocenters. The van der Waals surface area contributed by atoms with E-state index in [0.717, 1.165) is 0 Å². The molecule has 1 radical (unpaired) electrons. The van der Waals surface area contributed by atoms with Crippen molar-refractivity contribution in [2.75, 3.05) is 0 Å². The van der Waals surface area contributed by atoms with Crippen molar-refractivity contribution in [3.63, 3.8) is 0 Å². The van der Waals surface area contributed by atoms with E-state index in [1.165, 1.54) is 0 Å². The fraction of sp³-hybridized carbons (Fsp3) is 0. The van der Waals surface area contributed by atoms with Gasteiger partial charge in [-0.2, -0.15) is 0 Å². The zero-order valence-corrected chi connectivity index (χ0v) is 4.44. The molecule has 7 heavy (non-hydrogen) atoms. The Labute approximate surface area is 47.7 Å². The van der Waals surface area contributed by atoms with Crippen molar-refractivity contribution in [2.45, 2.75) is 0 Å². The second kappa shape index (κ2) is 1.99. The van der Waals surface area contributed by atoms with Crippen molar-refractivity contribution in [3.8, 4) is 0 Å². The summed E-state index contributed by atoms with van der Waals surface area (Å²) in [5.41, 5.74) is 0. The van der Waals surface area contributed by atoms with E-state index in [1.807, 2.05) is 12.1 Å². The maximum Gasteiger partial charge on any atom is 0.0484 e. The highest BCUT2D eigenvalue weighted by atomic mass is 35.5. The van der Waals surface area contributed by atoms with Gasteiger partial charge < -0.3 is 0 Å². The number of rotatable bonds is 0. The quantitative estimate of drug-likeness (QED) is 0.481. The third kappa shape index (κ3) is 1.20. The van der Waals surface area contributed by atoms with E-state index in [9.17, 15) is 0 Å². The van der Waals surface area contributed by atoms with Crippen LogP contribution in [0.5, 0.6) is 0 Å². The molecule has 0 nitrogen and oxygen atoms in total. The van der Waals surface area contributed by atoms with Crippen LogP contribution in [0.25, 0.3) is 0 Å². The van der Waals surface area contributed by atoms with Crippen molar-refractivity contribution in [1.29, 1.82) is 0 Å². The summed E-state index contributed by atoms with van der Waals surface area (Å²) in [4.78, 5) is 0. The molecule has 0 aromatic heterocycles. The molecule has 0 N–H and O–H groups in total. The van der Waals surface area contributed by atoms with Crippen LogP contribution in [0.2, 0.25) is 5.02 Å². The molecule has 0 heterocycles. The Kier molecular flexibility index (Phi) is 1.32. The van der Waals surface area contributed by atoms with Crippen LogP contribution in [0.1, 0.15) is 0 Å². The Morgan fingerprint density at radius 1 is 1.43 bits per heavy atom. The molecule has 0 aliphatic rings. The molecule has 0 aliphatic carbocycles. The minimum absolute atomic E-state index is 0.669. The van der Waals surface area contributed by atoms with E-state index in [4.69, 9.17) is 11.6 Å². The molecule has 35 valence electrons. The van der Waals surface area contributed by atoms with Crippen molar-refractivity contribution < 1.29 is 0 Å². The first-order valence-corrected chi connectivity index (χ1v) is 2.39. The van der Waals surface area contributed by atoms with Gasteiger partial charge in [0.25, 0.3) is 0 Å². The summed E-state index contributed by atoms with van der Waals surface area (Å²) in [6.45, 7) is 0. The predicted octanol–water partition coefficient (Wildman–Crippen LogP) is 2.14. The smallest absolute Gasteiger partial charge is 0.0484 e. The monoisotopic (exact) mass is 111 g/mol. The summed E-state index contributed by atoms with van der Waals surface area (Å²) in [5, 5.41) is 0.669. The average molecular weight is 112 g/mol. The van der Waals surface area contributed by atoms with Crippen LogP contribution in [-0.2, 0) is 0 Å². The second-order valence-electron chi connectivity index (χ2n) is 1.21. The van der Waals surface area contributed by atoms with E-state index in [0.29, 0.717) is 5.02 Å². The summed E-state index contributed by atoms with van der Waals surface area (Å²) in [6.07, 6.45) is 0. The molecular formula is C6H4Cl. The van der Waals surface area contributed by atoms with Crippen LogP contribution >= 0.6 is 11.6 Å². The van der Waals surface area contributed by atoms with Crippen LogP contribution in [0, 0.1) is 6.07 Å². The Balaban J connectivity index is 3.02. The van der Waals surface area contributed by atoms with Gasteiger partial charge in [-0.3, -0.25) is 0 Å². The fourth-order valence-electron chi connectivity index (χ4n) is 0.371. The molecule has 1 rings (SSSR count). The van der Waals surface area contributed by atoms with Crippen molar-refractivity contribution in [1.82, 2.24) is 0 Å². The van der Waals surface area contributed by atoms with E-state index >= 15 is 0 Å². The van der Waals surface area contributed by atoms with Gasteiger partial charge in [0.05, 0.1) is 0 Å². The summed E-state index contributed by atoms with van der Waals surface area (Å²) in [5.74, 6) is 0. The molecule has 1 heteroatoms. The standard InChI is InChI=1S/C6H4Cl/c7-6-4-2-1-3-5-6/h1-4H. The van der Waals surface area contributed by atoms with Gasteiger partial charge in [0.15, 0.2) is 0 Å². The second-order valence-corrected chi connectivity index (χ2v) is 1.62. The Bertz CT molecular complexity index is 134. The van der Waals surface area contributed by atoms with Crippen LogP contribution in [0.3, 0.4) is 0 Å². The highest BCUT2D eigenvalue weighted by Gasteiger charge is 1.76. The third-order valence-corrected chi connectivity index (χ3v) is 0.906. The summed E-state index contributed by atoms with van der Waals surface area (Å²) in [6, 6.07) is 10.1. The maximum absolute atomic E-state index is 5.48. The van der Waals surface area contributed by atoms with E-state index < -0.39 is 0 Å². The van der Waals surface area contributed by atoms with E-state index in [2.05, 4.69) is 6.07 Å². The Morgan fingerprint density at radius 2 is 2.29 bits per heavy atom. The largest absolute Gasteiger partial charge is 0.0837 e. The Morgan fingerprint density at radius 3 is 2.57 bits per heavy atom. The molecule has 1 aromatic carbocycles. The number of hydrogen-bond acceptors (Lipinski definition) is 0. The number of benzene rings is 1. The lowest BCUT2D eigenvalue weighted by Crippen LogP contribution is -1.56. The minimum atomic E-state index is 0.669. The van der Waals surface area contributed by atoms with Gasteiger partial charge in [-0.1, -0.05) is 29.8 Å². The zero-order valence-electron chi connectivity index (χ0n) is 3.69. The first-order chi connectivity index (χ1) is 3.39. The van der Waals surface area contributed by atoms with Gasteiger partial charge in [0.2, 0.25) is 0 Å². The molecule has 0 fully saturated rings. The average Bonchev–Trinajstić information content (AvgIpc) is 1.69. The minimum Gasteiger partial charge on any atom is -0.0837 e. The van der Waals surface area contributed by atoms with Crippen molar-refractivity contribution >= 4 is 11.6 Å². The molecule has 0 bridgehead atoms. The fourth-order valence-corrected chi connectivity index (χ4v) is 0.507. The van der Waals surface area contributed by atoms with E-state index in [-0.39, 0.29) is 0 Å². The summed E-state index contributed by atoms with van der Waals surface area (Å²) >= 11 is 5.48. The van der Waals surface area contributed by atoms with Crippen molar-refractivity contribution in [2.24, 2.45) is 0 Å². The molecule has 1 aromatic rings. The van der Waals surface area contributed by atoms with Crippen molar-refractivity contribution in [3.05, 3.63) is 35.4 Å². The molecule has 0 amide bonds. The molecule has 0 aliphatic heterocycles. The van der Waals surface area contributed by atoms with Gasteiger partial charge in [0, 0.05) is 11.1 Å². The lowest BCUT2D eigenvalue weighted by molar-refractivity contribution is 1.69. The van der Waals surface area contributed by atoms with Crippen LogP contribution in [0.15, 0.2) is 24.3 Å². The highest BCUT2D eigenvalue weighted by Crippen LogP contribution is 2.02. The lowest BCUT2D eigenvalue weighted by atomic mass is 10.4. The van der Waals surface area contributed by atoms with Gasteiger partial charge in [-0.05, 0) is 6.07 Å². The van der Waals surface area contributed by atoms with Crippen LogP contribution in [-0.4, -0.2) is 0 Å². The third-order valence-electron chi connectivity index (χ3n) is 0.671. The van der Waals surface area contributed by atoms with Crippen LogP contribution in [0.4, 0.5) is 0 Å². The SMILES string of the molecule is Clc1[c]cccc1. The molecule has 0 atom stereocenters. The predicted molar refractivity (Wildman–Crippen MR) is 30.3 cm³/mol. The first kappa shape index (κ1) is 4.66. The van der Waals surface area contributed by atoms with Gasteiger partial charge >= 0.3 is 0 Å². The van der Waals surface area contributed by atoms with E-state index in [1.54, 1.807) is 12.1 Å². The highest BCUT2D eigenvalue weighted by molar-refractivity contribution is 6.30. The van der Waals surface area contributed by atoms with Crippen LogP contribution < -0.4 is 0 Å². The topological polar surface area (TPSA) is 0 Å². The summed E-state index contributed by atoms with van der Waals surface area (Å²) in [7, 11) is 0. The maximum atomic E-state index is 5.48. The Hall–Kier alpha value is -0.490. The van der Waals surface area contributed by atoms with Gasteiger partial charge in [-0.25, -0.2) is 0 Å². The molecular weight excluding hydrogens is 108 g/mol. The number of hydrogen-bond donors (Lipinski definition) is 0.